The minimum Gasteiger partial charge on any atom is -0.481 e. The fraction of sp³-hybridized carbons (Fsp3) is 0.562. The monoisotopic (exact) mass is 368 g/mol. The molecule has 3 rings (SSSR count). The second kappa shape index (κ2) is 5.77. The van der Waals surface area contributed by atoms with Gasteiger partial charge in [-0.3, -0.25) is 14.9 Å². The predicted octanol–water partition coefficient (Wildman–Crippen LogP) is 2.09. The highest BCUT2D eigenvalue weighted by Crippen LogP contribution is 2.50. The molecule has 2 fully saturated rings. The van der Waals surface area contributed by atoms with E-state index in [1.54, 1.807) is 0 Å². The van der Waals surface area contributed by atoms with Crippen molar-refractivity contribution in [3.63, 3.8) is 0 Å². The van der Waals surface area contributed by atoms with Crippen molar-refractivity contribution < 1.29 is 23.2 Å². The molecule has 1 saturated carbocycles. The Morgan fingerprint density at radius 3 is 2.44 bits per heavy atom. The van der Waals surface area contributed by atoms with Crippen LogP contribution < -0.4 is 0 Å². The molecule has 0 amide bonds. The molecule has 0 spiro atoms. The van der Waals surface area contributed by atoms with Gasteiger partial charge in [0.15, 0.2) is 0 Å². The summed E-state index contributed by atoms with van der Waals surface area (Å²) >= 11 is 0. The molecule has 1 aromatic rings. The third-order valence-corrected chi connectivity index (χ3v) is 7.64. The summed E-state index contributed by atoms with van der Waals surface area (Å²) in [7, 11) is -3.91. The number of hydrogen-bond donors (Lipinski definition) is 1. The standard InChI is InChI=1S/C16H20N2O6S/c1-10-6-13(18(21)22)7-11(2)14(10)25(23,24)17-8-12-4-3-5-16(12,9-17)15(19)20/h6-7,12H,3-5,8-9H2,1-2H3,(H,19,20)/t12-,16+/m0/s1. The number of benzene rings is 1. The number of non-ortho nitro benzene ring substituents is 1. The lowest BCUT2D eigenvalue weighted by molar-refractivity contribution is -0.385. The lowest BCUT2D eigenvalue weighted by Gasteiger charge is -2.24. The largest absolute Gasteiger partial charge is 0.481 e. The second-order valence-corrected chi connectivity index (χ2v) is 8.89. The number of nitrogens with zero attached hydrogens (tertiary/aromatic N) is 2. The summed E-state index contributed by atoms with van der Waals surface area (Å²) < 4.78 is 27.5. The van der Waals surface area contributed by atoms with Gasteiger partial charge in [-0.2, -0.15) is 4.31 Å². The van der Waals surface area contributed by atoms with Crippen molar-refractivity contribution in [1.29, 1.82) is 0 Å². The molecule has 0 bridgehead atoms. The molecule has 1 aromatic carbocycles. The molecule has 2 aliphatic rings. The summed E-state index contributed by atoms with van der Waals surface area (Å²) in [6.07, 6.45) is 1.98. The zero-order valence-corrected chi connectivity index (χ0v) is 14.9. The Morgan fingerprint density at radius 1 is 1.36 bits per heavy atom. The SMILES string of the molecule is Cc1cc([N+](=O)[O-])cc(C)c1S(=O)(=O)N1C[C@@H]2CCC[C@@]2(C(=O)O)C1. The first-order valence-corrected chi connectivity index (χ1v) is 9.53. The molecule has 136 valence electrons. The van der Waals surface area contributed by atoms with E-state index < -0.39 is 26.3 Å². The van der Waals surface area contributed by atoms with Gasteiger partial charge in [0, 0.05) is 25.2 Å². The van der Waals surface area contributed by atoms with Gasteiger partial charge in [-0.25, -0.2) is 8.42 Å². The van der Waals surface area contributed by atoms with Crippen LogP contribution in [0.2, 0.25) is 0 Å². The fourth-order valence-electron chi connectivity index (χ4n) is 4.34. The second-order valence-electron chi connectivity index (χ2n) is 7.01. The lowest BCUT2D eigenvalue weighted by Crippen LogP contribution is -2.37. The van der Waals surface area contributed by atoms with Gasteiger partial charge < -0.3 is 5.11 Å². The number of carbonyl (C=O) groups is 1. The summed E-state index contributed by atoms with van der Waals surface area (Å²) in [5.74, 6) is -1.12. The van der Waals surface area contributed by atoms with Gasteiger partial charge in [-0.1, -0.05) is 6.42 Å². The van der Waals surface area contributed by atoms with E-state index in [1.165, 1.54) is 30.3 Å². The van der Waals surface area contributed by atoms with Crippen LogP contribution in [0.5, 0.6) is 0 Å². The smallest absolute Gasteiger partial charge is 0.311 e. The minimum atomic E-state index is -3.91. The Hall–Kier alpha value is -2.00. The van der Waals surface area contributed by atoms with E-state index in [2.05, 4.69) is 0 Å². The maximum absolute atomic E-state index is 13.1. The summed E-state index contributed by atoms with van der Waals surface area (Å²) in [5.41, 5.74) is -0.564. The average molecular weight is 368 g/mol. The first-order chi connectivity index (χ1) is 11.6. The number of hydrogen-bond acceptors (Lipinski definition) is 5. The Morgan fingerprint density at radius 2 is 1.96 bits per heavy atom. The van der Waals surface area contributed by atoms with Gasteiger partial charge in [0.2, 0.25) is 10.0 Å². The molecular formula is C16H20N2O6S. The van der Waals surface area contributed by atoms with Crippen LogP contribution in [0.25, 0.3) is 0 Å². The molecule has 0 radical (unpaired) electrons. The van der Waals surface area contributed by atoms with Crippen molar-refractivity contribution in [1.82, 2.24) is 4.31 Å². The molecule has 1 aliphatic heterocycles. The predicted molar refractivity (Wildman–Crippen MR) is 88.7 cm³/mol. The van der Waals surface area contributed by atoms with Crippen LogP contribution in [0, 0.1) is 35.3 Å². The number of aryl methyl sites for hydroxylation is 2. The number of fused-ring (bicyclic) bond motifs is 1. The van der Waals surface area contributed by atoms with Gasteiger partial charge in [0.1, 0.15) is 0 Å². The van der Waals surface area contributed by atoms with Crippen LogP contribution >= 0.6 is 0 Å². The topological polar surface area (TPSA) is 118 Å². The van der Waals surface area contributed by atoms with E-state index in [0.717, 1.165) is 6.42 Å². The van der Waals surface area contributed by atoms with E-state index in [0.29, 0.717) is 24.0 Å². The molecule has 25 heavy (non-hydrogen) atoms. The molecule has 0 unspecified atom stereocenters. The van der Waals surface area contributed by atoms with Crippen LogP contribution in [0.3, 0.4) is 0 Å². The van der Waals surface area contributed by atoms with Crippen molar-refractivity contribution in [2.75, 3.05) is 13.1 Å². The molecule has 1 aliphatic carbocycles. The minimum absolute atomic E-state index is 0.0365. The number of aliphatic carboxylic acids is 1. The lowest BCUT2D eigenvalue weighted by atomic mass is 9.81. The number of carboxylic acids is 1. The van der Waals surface area contributed by atoms with Crippen molar-refractivity contribution in [2.24, 2.45) is 11.3 Å². The molecule has 8 nitrogen and oxygen atoms in total. The summed E-state index contributed by atoms with van der Waals surface area (Å²) in [5, 5.41) is 20.6. The number of sulfonamides is 1. The summed E-state index contributed by atoms with van der Waals surface area (Å²) in [6.45, 7) is 3.20. The molecular weight excluding hydrogens is 348 g/mol. The molecule has 1 saturated heterocycles. The van der Waals surface area contributed by atoms with Crippen LogP contribution in [0.4, 0.5) is 5.69 Å². The zero-order chi connectivity index (χ0) is 18.6. The highest BCUT2D eigenvalue weighted by molar-refractivity contribution is 7.89. The van der Waals surface area contributed by atoms with E-state index in [1.807, 2.05) is 0 Å². The van der Waals surface area contributed by atoms with Gasteiger partial charge in [0.05, 0.1) is 15.2 Å². The van der Waals surface area contributed by atoms with Gasteiger partial charge in [-0.05, 0) is 43.7 Å². The maximum Gasteiger partial charge on any atom is 0.311 e. The van der Waals surface area contributed by atoms with Crippen molar-refractivity contribution in [3.05, 3.63) is 33.4 Å². The Bertz CT molecular complexity index is 842. The molecule has 2 atom stereocenters. The molecule has 1 N–H and O–H groups in total. The Kier molecular flexibility index (Phi) is 4.11. The van der Waals surface area contributed by atoms with Gasteiger partial charge >= 0.3 is 5.97 Å². The van der Waals surface area contributed by atoms with E-state index in [4.69, 9.17) is 0 Å². The van der Waals surface area contributed by atoms with E-state index in [-0.39, 0.29) is 29.6 Å². The van der Waals surface area contributed by atoms with Crippen molar-refractivity contribution in [2.45, 2.75) is 38.0 Å². The summed E-state index contributed by atoms with van der Waals surface area (Å²) in [6, 6.07) is 2.48. The van der Waals surface area contributed by atoms with Crippen molar-refractivity contribution >= 4 is 21.7 Å². The number of nitro groups is 1. The zero-order valence-electron chi connectivity index (χ0n) is 14.1. The molecule has 0 aromatic heterocycles. The Balaban J connectivity index is 2.02. The normalized spacial score (nSPS) is 26.6. The maximum atomic E-state index is 13.1. The first kappa shape index (κ1) is 17.8. The quantitative estimate of drug-likeness (QED) is 0.642. The third-order valence-electron chi connectivity index (χ3n) is 5.52. The summed E-state index contributed by atoms with van der Waals surface area (Å²) in [4.78, 5) is 22.2. The molecule has 1 heterocycles. The highest BCUT2D eigenvalue weighted by Gasteiger charge is 2.57. The fourth-order valence-corrected chi connectivity index (χ4v) is 6.31. The third kappa shape index (κ3) is 2.62. The molecule has 9 heteroatoms. The van der Waals surface area contributed by atoms with Crippen LogP contribution in [0.15, 0.2) is 17.0 Å². The average Bonchev–Trinajstić information content (AvgIpc) is 3.03. The van der Waals surface area contributed by atoms with Crippen LogP contribution in [-0.4, -0.2) is 41.8 Å². The number of rotatable bonds is 4. The van der Waals surface area contributed by atoms with E-state index >= 15 is 0 Å². The van der Waals surface area contributed by atoms with Gasteiger partial charge in [0.25, 0.3) is 5.69 Å². The van der Waals surface area contributed by atoms with E-state index in [9.17, 15) is 28.4 Å². The van der Waals surface area contributed by atoms with Crippen LogP contribution in [-0.2, 0) is 14.8 Å². The van der Waals surface area contributed by atoms with Crippen LogP contribution in [0.1, 0.15) is 30.4 Å². The Labute approximate surface area is 145 Å². The number of nitro benzene ring substituents is 1. The van der Waals surface area contributed by atoms with Gasteiger partial charge in [-0.15, -0.1) is 0 Å². The highest BCUT2D eigenvalue weighted by atomic mass is 32.2. The first-order valence-electron chi connectivity index (χ1n) is 8.09. The van der Waals surface area contributed by atoms with Crippen molar-refractivity contribution in [3.8, 4) is 0 Å². The number of carboxylic acid groups (broad SMARTS) is 1.